The summed E-state index contributed by atoms with van der Waals surface area (Å²) in [5, 5.41) is 0. The third-order valence-electron chi connectivity index (χ3n) is 0.192. The van der Waals surface area contributed by atoms with Gasteiger partial charge in [-0.15, -0.1) is 0 Å². The van der Waals surface area contributed by atoms with Crippen molar-refractivity contribution >= 4 is 10.5 Å². The van der Waals surface area contributed by atoms with Crippen LogP contribution in [0.5, 0.6) is 0 Å². The fourth-order valence-electron chi connectivity index (χ4n) is 0.0680. The molecule has 0 rings (SSSR count). The van der Waals surface area contributed by atoms with Crippen molar-refractivity contribution < 1.29 is 26.0 Å². The molecule has 0 fully saturated rings. The lowest BCUT2D eigenvalue weighted by Gasteiger charge is -1.76. The van der Waals surface area contributed by atoms with E-state index in [-0.39, 0.29) is 0 Å². The summed E-state index contributed by atoms with van der Waals surface area (Å²) < 4.78 is 47.9. The molecule has 0 aliphatic rings. The average Bonchev–Trinajstić information content (AvgIpc) is 1.90. The topological polar surface area (TPSA) is 63.6 Å². The first kappa shape index (κ1) is 17.2. The zero-order valence-corrected chi connectivity index (χ0v) is 7.22. The molecular formula is C5H10F2O4S. The molecule has 0 bridgehead atoms. The molecule has 0 aliphatic heterocycles. The third-order valence-corrected chi connectivity index (χ3v) is 0.192. The molecule has 0 heterocycles. The molecule has 0 spiro atoms. The molecule has 0 aromatic carbocycles. The first-order valence-electron chi connectivity index (χ1n) is 2.34. The molecule has 0 radical (unpaired) electrons. The Morgan fingerprint density at radius 3 is 1.50 bits per heavy atom. The maximum absolute atomic E-state index is 10.2. The van der Waals surface area contributed by atoms with Crippen molar-refractivity contribution in [2.24, 2.45) is 0 Å². The molecule has 0 aromatic heterocycles. The van der Waals surface area contributed by atoms with Gasteiger partial charge in [-0.25, -0.2) is 0 Å². The van der Waals surface area contributed by atoms with Gasteiger partial charge in [0.2, 0.25) is 0 Å². The predicted octanol–water partition coefficient (Wildman–Crippen LogP) is 1.63. The molecule has 12 heavy (non-hydrogen) atoms. The average molecular weight is 204 g/mol. The summed E-state index contributed by atoms with van der Waals surface area (Å²) in [5.41, 5.74) is 0. The normalized spacial score (nSPS) is 7.67. The standard InChI is InChI=1S/C4H6O.CH3F.FHO3S/c1-3-5-4-2;1-2;1-5(2,3)4/h3-4H,1-2H2;1H3;(H,2,3,4). The third kappa shape index (κ3) is 532. The van der Waals surface area contributed by atoms with Crippen molar-refractivity contribution in [1.29, 1.82) is 0 Å². The van der Waals surface area contributed by atoms with Crippen LogP contribution in [0, 0.1) is 0 Å². The zero-order valence-electron chi connectivity index (χ0n) is 6.41. The second-order valence-electron chi connectivity index (χ2n) is 0.882. The number of hydrogen-bond acceptors (Lipinski definition) is 3. The number of halogens is 2. The van der Waals surface area contributed by atoms with Crippen LogP contribution in [-0.2, 0) is 15.2 Å². The largest absolute Gasteiger partial charge is 0.474 e. The van der Waals surface area contributed by atoms with Gasteiger partial charge in [0.1, 0.15) is 0 Å². The first-order chi connectivity index (χ1) is 5.41. The molecule has 0 aliphatic carbocycles. The van der Waals surface area contributed by atoms with Crippen molar-refractivity contribution in [2.45, 2.75) is 0 Å². The number of alkyl halides is 1. The van der Waals surface area contributed by atoms with Crippen LogP contribution in [0.15, 0.2) is 25.7 Å². The lowest BCUT2D eigenvalue weighted by atomic mass is 11.1. The highest BCUT2D eigenvalue weighted by atomic mass is 32.3. The van der Waals surface area contributed by atoms with Gasteiger partial charge in [-0.1, -0.05) is 17.0 Å². The molecule has 0 amide bonds. The number of ether oxygens (including phenoxy) is 1. The van der Waals surface area contributed by atoms with Crippen LogP contribution < -0.4 is 0 Å². The summed E-state index contributed by atoms with van der Waals surface area (Å²) in [6.07, 6.45) is 2.62. The van der Waals surface area contributed by atoms with Crippen LogP contribution in [0.2, 0.25) is 0 Å². The minimum absolute atomic E-state index is 0.500. The van der Waals surface area contributed by atoms with E-state index in [0.29, 0.717) is 7.18 Å². The van der Waals surface area contributed by atoms with Gasteiger partial charge in [0, 0.05) is 0 Å². The monoisotopic (exact) mass is 204 g/mol. The van der Waals surface area contributed by atoms with E-state index in [9.17, 15) is 8.28 Å². The molecule has 0 unspecified atom stereocenters. The van der Waals surface area contributed by atoms with Crippen molar-refractivity contribution in [3.63, 3.8) is 0 Å². The van der Waals surface area contributed by atoms with Crippen LogP contribution in [0.1, 0.15) is 0 Å². The summed E-state index contributed by atoms with van der Waals surface area (Å²) in [4.78, 5) is 0. The Labute approximate surface area is 70.2 Å². The quantitative estimate of drug-likeness (QED) is 0.422. The van der Waals surface area contributed by atoms with Crippen LogP contribution in [0.3, 0.4) is 0 Å². The van der Waals surface area contributed by atoms with Crippen molar-refractivity contribution in [1.82, 2.24) is 0 Å². The molecular weight excluding hydrogens is 194 g/mol. The van der Waals surface area contributed by atoms with Crippen LogP contribution in [0.4, 0.5) is 8.28 Å². The van der Waals surface area contributed by atoms with Gasteiger partial charge in [0.15, 0.2) is 0 Å². The van der Waals surface area contributed by atoms with Gasteiger partial charge in [-0.3, -0.25) is 8.94 Å². The van der Waals surface area contributed by atoms with Crippen molar-refractivity contribution in [2.75, 3.05) is 7.18 Å². The summed E-state index contributed by atoms with van der Waals surface area (Å²) in [7, 11) is -4.67. The Morgan fingerprint density at radius 2 is 1.50 bits per heavy atom. The smallest absolute Gasteiger partial charge is 0.435 e. The van der Waals surface area contributed by atoms with E-state index in [4.69, 9.17) is 13.0 Å². The van der Waals surface area contributed by atoms with Crippen LogP contribution in [0.25, 0.3) is 0 Å². The van der Waals surface area contributed by atoms with E-state index in [1.165, 1.54) is 12.5 Å². The summed E-state index contributed by atoms with van der Waals surface area (Å²) in [5.74, 6) is 0. The van der Waals surface area contributed by atoms with Crippen LogP contribution in [-0.4, -0.2) is 20.1 Å². The minimum atomic E-state index is -5.17. The van der Waals surface area contributed by atoms with E-state index in [1.807, 2.05) is 0 Å². The van der Waals surface area contributed by atoms with Gasteiger partial charge in [-0.2, -0.15) is 8.42 Å². The molecule has 0 saturated carbocycles. The second-order valence-corrected chi connectivity index (χ2v) is 1.71. The maximum Gasteiger partial charge on any atom is 0.435 e. The van der Waals surface area contributed by atoms with E-state index < -0.39 is 10.5 Å². The van der Waals surface area contributed by atoms with Crippen LogP contribution >= 0.6 is 0 Å². The van der Waals surface area contributed by atoms with E-state index in [0.717, 1.165) is 0 Å². The summed E-state index contributed by atoms with van der Waals surface area (Å²) >= 11 is 0. The second kappa shape index (κ2) is 12.7. The highest BCUT2D eigenvalue weighted by Crippen LogP contribution is 1.74. The molecule has 4 nitrogen and oxygen atoms in total. The highest BCUT2D eigenvalue weighted by Gasteiger charge is 1.89. The molecule has 0 saturated heterocycles. The van der Waals surface area contributed by atoms with E-state index in [1.54, 1.807) is 0 Å². The van der Waals surface area contributed by atoms with Gasteiger partial charge in [0.25, 0.3) is 0 Å². The molecule has 7 heteroatoms. The zero-order chi connectivity index (χ0) is 10.6. The SMILES string of the molecule is C=COC=C.CF.O=S(=O)(O)F. The lowest BCUT2D eigenvalue weighted by Crippen LogP contribution is -1.80. The Kier molecular flexibility index (Phi) is 18.2. The Morgan fingerprint density at radius 1 is 1.33 bits per heavy atom. The highest BCUT2D eigenvalue weighted by molar-refractivity contribution is 7.80. The lowest BCUT2D eigenvalue weighted by molar-refractivity contribution is 0.406. The van der Waals surface area contributed by atoms with Gasteiger partial charge >= 0.3 is 10.5 Å². The summed E-state index contributed by atoms with van der Waals surface area (Å²) in [6.45, 7) is 6.51. The molecule has 74 valence electrons. The van der Waals surface area contributed by atoms with E-state index in [2.05, 4.69) is 17.9 Å². The predicted molar refractivity (Wildman–Crippen MR) is 41.2 cm³/mol. The molecule has 1 N–H and O–H groups in total. The van der Waals surface area contributed by atoms with Gasteiger partial charge < -0.3 is 4.74 Å². The van der Waals surface area contributed by atoms with Crippen molar-refractivity contribution in [3.05, 3.63) is 25.7 Å². The summed E-state index contributed by atoms with van der Waals surface area (Å²) in [6, 6.07) is 0. The molecule has 0 aromatic rings. The maximum atomic E-state index is 10.2. The number of hydrogen-bond donors (Lipinski definition) is 1. The van der Waals surface area contributed by atoms with Crippen molar-refractivity contribution in [3.8, 4) is 0 Å². The Hall–Kier alpha value is -0.950. The fourth-order valence-corrected chi connectivity index (χ4v) is 0.0680. The molecule has 0 atom stereocenters. The fraction of sp³-hybridized carbons (Fsp3) is 0.200. The Bertz CT molecular complexity index is 174. The minimum Gasteiger partial charge on any atom is -0.474 e. The van der Waals surface area contributed by atoms with Gasteiger partial charge in [0.05, 0.1) is 19.7 Å². The van der Waals surface area contributed by atoms with Gasteiger partial charge in [-0.05, 0) is 0 Å². The number of rotatable bonds is 2. The van der Waals surface area contributed by atoms with E-state index >= 15 is 0 Å². The Balaban J connectivity index is -0.000000112. The first-order valence-corrected chi connectivity index (χ1v) is 3.68.